The maximum Gasteiger partial charge on any atom is 0.222 e. The summed E-state index contributed by atoms with van der Waals surface area (Å²) in [7, 11) is 0. The lowest BCUT2D eigenvalue weighted by molar-refractivity contribution is 0.534. The highest BCUT2D eigenvalue weighted by atomic mass is 79.9. The lowest BCUT2D eigenvalue weighted by Gasteiger charge is -2.08. The van der Waals surface area contributed by atoms with Crippen molar-refractivity contribution in [3.8, 4) is 0 Å². The second-order valence-electron chi connectivity index (χ2n) is 4.13. The minimum atomic E-state index is 0.455. The Balaban J connectivity index is 1.97. The summed E-state index contributed by atoms with van der Waals surface area (Å²) in [6.07, 6.45) is 5.96. The number of anilines is 1. The maximum absolute atomic E-state index is 4.19. The van der Waals surface area contributed by atoms with Gasteiger partial charge in [-0.2, -0.15) is 0 Å². The molecule has 1 heterocycles. The van der Waals surface area contributed by atoms with Gasteiger partial charge in [-0.1, -0.05) is 13.8 Å². The zero-order valence-electron chi connectivity index (χ0n) is 8.42. The molecule has 2 unspecified atom stereocenters. The molecule has 0 aromatic carbocycles. The van der Waals surface area contributed by atoms with Gasteiger partial charge in [0, 0.05) is 18.4 Å². The molecule has 0 aliphatic heterocycles. The highest BCUT2D eigenvalue weighted by Crippen LogP contribution is 2.49. The number of hydrogen-bond donors (Lipinski definition) is 1. The molecule has 1 fully saturated rings. The van der Waals surface area contributed by atoms with Crippen molar-refractivity contribution in [1.29, 1.82) is 0 Å². The predicted molar refractivity (Wildman–Crippen MR) is 60.2 cm³/mol. The second-order valence-corrected chi connectivity index (χ2v) is 5.05. The van der Waals surface area contributed by atoms with Crippen LogP contribution in [0.15, 0.2) is 16.9 Å². The summed E-state index contributed by atoms with van der Waals surface area (Å²) in [5, 5.41) is 3.34. The number of nitrogens with one attached hydrogen (secondary N) is 1. The van der Waals surface area contributed by atoms with Gasteiger partial charge >= 0.3 is 0 Å². The van der Waals surface area contributed by atoms with Crippen molar-refractivity contribution >= 4 is 21.9 Å². The molecule has 1 N–H and O–H groups in total. The Morgan fingerprint density at radius 1 is 1.57 bits per heavy atom. The molecule has 2 rings (SSSR count). The molecule has 4 heteroatoms. The highest BCUT2D eigenvalue weighted by molar-refractivity contribution is 9.10. The van der Waals surface area contributed by atoms with Gasteiger partial charge in [-0.25, -0.2) is 9.97 Å². The van der Waals surface area contributed by atoms with Gasteiger partial charge in [-0.05, 0) is 34.2 Å². The van der Waals surface area contributed by atoms with Crippen LogP contribution in [0.3, 0.4) is 0 Å². The predicted octanol–water partition coefficient (Wildman–Crippen LogP) is 2.84. The molecular formula is C10H14BrN3. The van der Waals surface area contributed by atoms with Gasteiger partial charge in [0.15, 0.2) is 0 Å². The largest absolute Gasteiger partial charge is 0.351 e. The van der Waals surface area contributed by atoms with Gasteiger partial charge in [0.05, 0.1) is 4.47 Å². The normalized spacial score (nSPS) is 30.1. The van der Waals surface area contributed by atoms with E-state index in [1.165, 1.54) is 12.8 Å². The summed E-state index contributed by atoms with van der Waals surface area (Å²) in [6.45, 7) is 4.52. The van der Waals surface area contributed by atoms with Crippen LogP contribution in [0.5, 0.6) is 0 Å². The van der Waals surface area contributed by atoms with E-state index in [4.69, 9.17) is 0 Å². The van der Waals surface area contributed by atoms with Crippen LogP contribution in [0, 0.1) is 5.41 Å². The maximum atomic E-state index is 4.19. The first-order chi connectivity index (χ1) is 6.64. The van der Waals surface area contributed by atoms with Crippen molar-refractivity contribution in [1.82, 2.24) is 9.97 Å². The Kier molecular flexibility index (Phi) is 2.47. The summed E-state index contributed by atoms with van der Waals surface area (Å²) in [4.78, 5) is 8.38. The molecular weight excluding hydrogens is 242 g/mol. The molecule has 1 aromatic heterocycles. The third kappa shape index (κ3) is 1.90. The third-order valence-electron chi connectivity index (χ3n) is 3.08. The number of hydrogen-bond acceptors (Lipinski definition) is 3. The molecule has 0 spiro atoms. The first-order valence-electron chi connectivity index (χ1n) is 4.88. The van der Waals surface area contributed by atoms with Crippen LogP contribution >= 0.6 is 15.9 Å². The van der Waals surface area contributed by atoms with Gasteiger partial charge in [0.25, 0.3) is 0 Å². The third-order valence-corrected chi connectivity index (χ3v) is 3.49. The van der Waals surface area contributed by atoms with Crippen molar-refractivity contribution in [2.45, 2.75) is 32.7 Å². The van der Waals surface area contributed by atoms with E-state index >= 15 is 0 Å². The Bertz CT molecular complexity index is 325. The molecule has 1 saturated carbocycles. The molecule has 1 aliphatic carbocycles. The van der Waals surface area contributed by atoms with Gasteiger partial charge < -0.3 is 5.32 Å². The van der Waals surface area contributed by atoms with E-state index in [1.54, 1.807) is 12.4 Å². The van der Waals surface area contributed by atoms with Crippen LogP contribution in [0.2, 0.25) is 0 Å². The fourth-order valence-electron chi connectivity index (χ4n) is 1.57. The van der Waals surface area contributed by atoms with Crippen molar-refractivity contribution in [2.24, 2.45) is 5.41 Å². The fourth-order valence-corrected chi connectivity index (χ4v) is 1.77. The number of halogens is 1. The van der Waals surface area contributed by atoms with Crippen molar-refractivity contribution < 1.29 is 0 Å². The summed E-state index contributed by atoms with van der Waals surface area (Å²) in [5.41, 5.74) is 0.455. The lowest BCUT2D eigenvalue weighted by Crippen LogP contribution is -2.12. The van der Waals surface area contributed by atoms with Crippen LogP contribution in [0.1, 0.15) is 26.7 Å². The molecule has 0 radical (unpaired) electrons. The standard InChI is InChI=1S/C10H14BrN3/c1-3-10(2)4-8(10)14-9-12-5-7(11)6-13-9/h5-6,8H,3-4H2,1-2H3,(H,12,13,14). The molecule has 3 nitrogen and oxygen atoms in total. The zero-order valence-corrected chi connectivity index (χ0v) is 10.0. The Labute approximate surface area is 92.5 Å². The van der Waals surface area contributed by atoms with E-state index < -0.39 is 0 Å². The summed E-state index contributed by atoms with van der Waals surface area (Å²) in [5.74, 6) is 0.732. The van der Waals surface area contributed by atoms with Crippen LogP contribution < -0.4 is 5.32 Å². The SMILES string of the molecule is CCC1(C)CC1Nc1ncc(Br)cn1. The zero-order chi connectivity index (χ0) is 10.2. The fraction of sp³-hybridized carbons (Fsp3) is 0.600. The summed E-state index contributed by atoms with van der Waals surface area (Å²) in [6, 6.07) is 0.550. The summed E-state index contributed by atoms with van der Waals surface area (Å²) < 4.78 is 0.914. The average Bonchev–Trinajstić information content (AvgIpc) is 2.82. The highest BCUT2D eigenvalue weighted by Gasteiger charge is 2.48. The molecule has 1 aliphatic rings. The number of aromatic nitrogens is 2. The van der Waals surface area contributed by atoms with E-state index in [1.807, 2.05) is 0 Å². The molecule has 0 amide bonds. The van der Waals surface area contributed by atoms with Crippen molar-refractivity contribution in [2.75, 3.05) is 5.32 Å². The van der Waals surface area contributed by atoms with E-state index in [0.717, 1.165) is 10.4 Å². The van der Waals surface area contributed by atoms with Gasteiger partial charge in [0.1, 0.15) is 0 Å². The van der Waals surface area contributed by atoms with Crippen molar-refractivity contribution in [3.63, 3.8) is 0 Å². The van der Waals surface area contributed by atoms with Crippen LogP contribution in [-0.2, 0) is 0 Å². The molecule has 14 heavy (non-hydrogen) atoms. The smallest absolute Gasteiger partial charge is 0.222 e. The minimum Gasteiger partial charge on any atom is -0.351 e. The van der Waals surface area contributed by atoms with Crippen LogP contribution in [-0.4, -0.2) is 16.0 Å². The Hall–Kier alpha value is -0.640. The molecule has 0 bridgehead atoms. The van der Waals surface area contributed by atoms with Gasteiger partial charge in [-0.15, -0.1) is 0 Å². The van der Waals surface area contributed by atoms with Crippen molar-refractivity contribution in [3.05, 3.63) is 16.9 Å². The van der Waals surface area contributed by atoms with E-state index in [2.05, 4.69) is 45.1 Å². The lowest BCUT2D eigenvalue weighted by atomic mass is 10.1. The van der Waals surface area contributed by atoms with E-state index in [-0.39, 0.29) is 0 Å². The van der Waals surface area contributed by atoms with E-state index in [9.17, 15) is 0 Å². The summed E-state index contributed by atoms with van der Waals surface area (Å²) >= 11 is 3.31. The number of nitrogens with zero attached hydrogens (tertiary/aromatic N) is 2. The average molecular weight is 256 g/mol. The monoisotopic (exact) mass is 255 g/mol. The topological polar surface area (TPSA) is 37.8 Å². The van der Waals surface area contributed by atoms with Crippen LogP contribution in [0.25, 0.3) is 0 Å². The molecule has 0 saturated heterocycles. The molecule has 2 atom stereocenters. The minimum absolute atomic E-state index is 0.455. The van der Waals surface area contributed by atoms with Gasteiger partial charge in [0.2, 0.25) is 5.95 Å². The Morgan fingerprint density at radius 2 is 2.21 bits per heavy atom. The first-order valence-corrected chi connectivity index (χ1v) is 5.67. The number of rotatable bonds is 3. The quantitative estimate of drug-likeness (QED) is 0.903. The van der Waals surface area contributed by atoms with Gasteiger partial charge in [-0.3, -0.25) is 0 Å². The second kappa shape index (κ2) is 3.50. The Morgan fingerprint density at radius 3 is 2.71 bits per heavy atom. The first kappa shape index (κ1) is 9.90. The molecule has 76 valence electrons. The van der Waals surface area contributed by atoms with E-state index in [0.29, 0.717) is 11.5 Å². The van der Waals surface area contributed by atoms with Crippen LogP contribution in [0.4, 0.5) is 5.95 Å². The molecule has 1 aromatic rings.